The number of hydrogen-bond donors (Lipinski definition) is 1. The van der Waals surface area contributed by atoms with Crippen molar-refractivity contribution in [2.45, 2.75) is 12.6 Å². The van der Waals surface area contributed by atoms with Crippen LogP contribution < -0.4 is 5.73 Å². The predicted octanol–water partition coefficient (Wildman–Crippen LogP) is 3.34. The van der Waals surface area contributed by atoms with E-state index < -0.39 is 0 Å². The molecule has 0 aliphatic carbocycles. The van der Waals surface area contributed by atoms with E-state index in [2.05, 4.69) is 66.4 Å². The van der Waals surface area contributed by atoms with Crippen LogP contribution in [0.5, 0.6) is 0 Å². The van der Waals surface area contributed by atoms with Crippen LogP contribution in [0.2, 0.25) is 0 Å². The second-order valence-corrected chi connectivity index (χ2v) is 5.91. The van der Waals surface area contributed by atoms with Crippen molar-refractivity contribution in [2.24, 2.45) is 5.73 Å². The summed E-state index contributed by atoms with van der Waals surface area (Å²) in [6.07, 6.45) is 1.81. The summed E-state index contributed by atoms with van der Waals surface area (Å²) in [4.78, 5) is 6.51. The highest BCUT2D eigenvalue weighted by molar-refractivity contribution is 5.79. The van der Waals surface area contributed by atoms with Crippen molar-refractivity contribution < 1.29 is 0 Å². The molecular formula is C19H21N3. The average Bonchev–Trinajstić information content (AvgIpc) is 2.54. The molecule has 3 nitrogen and oxygen atoms in total. The summed E-state index contributed by atoms with van der Waals surface area (Å²) in [5.74, 6) is 0. The third-order valence-electron chi connectivity index (χ3n) is 3.82. The molecule has 2 N–H and O–H groups in total. The van der Waals surface area contributed by atoms with E-state index in [1.54, 1.807) is 0 Å². The topological polar surface area (TPSA) is 42.1 Å². The summed E-state index contributed by atoms with van der Waals surface area (Å²) in [6.45, 7) is 0.942. The highest BCUT2D eigenvalue weighted by atomic mass is 15.0. The van der Waals surface area contributed by atoms with Gasteiger partial charge in [0.25, 0.3) is 0 Å². The first-order valence-corrected chi connectivity index (χ1v) is 7.47. The van der Waals surface area contributed by atoms with Crippen LogP contribution in [-0.2, 0) is 6.54 Å². The quantitative estimate of drug-likeness (QED) is 0.801. The summed E-state index contributed by atoms with van der Waals surface area (Å²) in [7, 11) is 4.14. The molecule has 0 spiro atoms. The molecule has 3 rings (SSSR count). The number of benzene rings is 2. The molecule has 112 valence electrons. The van der Waals surface area contributed by atoms with E-state index in [4.69, 9.17) is 5.73 Å². The molecule has 0 aliphatic rings. The lowest BCUT2D eigenvalue weighted by atomic mass is 9.97. The van der Waals surface area contributed by atoms with Crippen LogP contribution in [0.3, 0.4) is 0 Å². The van der Waals surface area contributed by atoms with Gasteiger partial charge in [-0.05, 0) is 49.0 Å². The molecule has 1 aromatic heterocycles. The summed E-state index contributed by atoms with van der Waals surface area (Å²) in [5, 5.41) is 1.12. The van der Waals surface area contributed by atoms with Gasteiger partial charge in [0.15, 0.2) is 0 Å². The van der Waals surface area contributed by atoms with Crippen molar-refractivity contribution in [3.05, 3.63) is 77.5 Å². The molecular weight excluding hydrogens is 270 g/mol. The molecule has 0 saturated heterocycles. The highest BCUT2D eigenvalue weighted by Gasteiger charge is 2.10. The summed E-state index contributed by atoms with van der Waals surface area (Å²) >= 11 is 0. The van der Waals surface area contributed by atoms with E-state index in [0.717, 1.165) is 28.6 Å². The van der Waals surface area contributed by atoms with Gasteiger partial charge in [-0.3, -0.25) is 4.98 Å². The lowest BCUT2D eigenvalue weighted by molar-refractivity contribution is 0.402. The standard InChI is InChI=1S/C19H21N3/c1-22(2)13-14-5-7-15(8-6-14)19(20)17-9-10-18-16(12-17)4-3-11-21-18/h3-12,19H,13,20H2,1-2H3. The van der Waals surface area contributed by atoms with Gasteiger partial charge in [0.2, 0.25) is 0 Å². The molecule has 1 heterocycles. The van der Waals surface area contributed by atoms with E-state index in [-0.39, 0.29) is 6.04 Å². The number of aromatic nitrogens is 1. The van der Waals surface area contributed by atoms with Gasteiger partial charge in [0.1, 0.15) is 0 Å². The van der Waals surface area contributed by atoms with Gasteiger partial charge < -0.3 is 10.6 Å². The van der Waals surface area contributed by atoms with Crippen LogP contribution in [-0.4, -0.2) is 24.0 Å². The maximum atomic E-state index is 6.43. The fraction of sp³-hybridized carbons (Fsp3) is 0.211. The zero-order chi connectivity index (χ0) is 15.5. The first kappa shape index (κ1) is 14.7. The minimum atomic E-state index is -0.113. The summed E-state index contributed by atoms with van der Waals surface area (Å²) in [5.41, 5.74) is 11.0. The second kappa shape index (κ2) is 6.26. The van der Waals surface area contributed by atoms with E-state index >= 15 is 0 Å². The van der Waals surface area contributed by atoms with Crippen molar-refractivity contribution >= 4 is 10.9 Å². The number of rotatable bonds is 4. The molecule has 1 unspecified atom stereocenters. The molecule has 0 amide bonds. The van der Waals surface area contributed by atoms with Gasteiger partial charge in [-0.1, -0.05) is 36.4 Å². The lowest BCUT2D eigenvalue weighted by Gasteiger charge is -2.15. The molecule has 0 aliphatic heterocycles. The van der Waals surface area contributed by atoms with E-state index in [1.807, 2.05) is 18.3 Å². The van der Waals surface area contributed by atoms with Crippen LogP contribution in [0.4, 0.5) is 0 Å². The largest absolute Gasteiger partial charge is 0.320 e. The molecule has 0 fully saturated rings. The lowest BCUT2D eigenvalue weighted by Crippen LogP contribution is -2.13. The second-order valence-electron chi connectivity index (χ2n) is 5.91. The number of nitrogens with two attached hydrogens (primary N) is 1. The van der Waals surface area contributed by atoms with Gasteiger partial charge >= 0.3 is 0 Å². The molecule has 3 heteroatoms. The zero-order valence-electron chi connectivity index (χ0n) is 13.0. The first-order chi connectivity index (χ1) is 10.6. The number of pyridine rings is 1. The maximum Gasteiger partial charge on any atom is 0.0702 e. The first-order valence-electron chi connectivity index (χ1n) is 7.47. The van der Waals surface area contributed by atoms with E-state index in [1.165, 1.54) is 5.56 Å². The number of hydrogen-bond acceptors (Lipinski definition) is 3. The molecule has 2 aromatic carbocycles. The van der Waals surface area contributed by atoms with Crippen molar-refractivity contribution in [1.82, 2.24) is 9.88 Å². The van der Waals surface area contributed by atoms with Crippen LogP contribution in [0.1, 0.15) is 22.7 Å². The predicted molar refractivity (Wildman–Crippen MR) is 91.6 cm³/mol. The highest BCUT2D eigenvalue weighted by Crippen LogP contribution is 2.23. The zero-order valence-corrected chi connectivity index (χ0v) is 13.0. The molecule has 0 radical (unpaired) electrons. The van der Waals surface area contributed by atoms with Gasteiger partial charge in [0.05, 0.1) is 11.6 Å². The average molecular weight is 291 g/mol. The molecule has 0 saturated carbocycles. The Hall–Kier alpha value is -2.23. The Balaban J connectivity index is 1.86. The Labute approximate surface area is 131 Å². The van der Waals surface area contributed by atoms with Crippen molar-refractivity contribution in [3.63, 3.8) is 0 Å². The Morgan fingerprint density at radius 2 is 1.73 bits per heavy atom. The van der Waals surface area contributed by atoms with Crippen LogP contribution in [0, 0.1) is 0 Å². The minimum absolute atomic E-state index is 0.113. The Morgan fingerprint density at radius 1 is 1.00 bits per heavy atom. The van der Waals surface area contributed by atoms with E-state index in [9.17, 15) is 0 Å². The summed E-state index contributed by atoms with van der Waals surface area (Å²) in [6, 6.07) is 18.7. The third kappa shape index (κ3) is 3.16. The number of fused-ring (bicyclic) bond motifs is 1. The monoisotopic (exact) mass is 291 g/mol. The Bertz CT molecular complexity index is 763. The molecule has 3 aromatic rings. The number of nitrogens with zero attached hydrogens (tertiary/aromatic N) is 2. The van der Waals surface area contributed by atoms with Gasteiger partial charge in [-0.15, -0.1) is 0 Å². The smallest absolute Gasteiger partial charge is 0.0702 e. The maximum absolute atomic E-state index is 6.43. The fourth-order valence-corrected chi connectivity index (χ4v) is 2.68. The van der Waals surface area contributed by atoms with Crippen LogP contribution in [0.25, 0.3) is 10.9 Å². The van der Waals surface area contributed by atoms with Crippen LogP contribution in [0.15, 0.2) is 60.8 Å². The molecule has 22 heavy (non-hydrogen) atoms. The van der Waals surface area contributed by atoms with Crippen LogP contribution >= 0.6 is 0 Å². The van der Waals surface area contributed by atoms with Crippen molar-refractivity contribution in [3.8, 4) is 0 Å². The van der Waals surface area contributed by atoms with Gasteiger partial charge in [-0.2, -0.15) is 0 Å². The van der Waals surface area contributed by atoms with Crippen molar-refractivity contribution in [1.29, 1.82) is 0 Å². The van der Waals surface area contributed by atoms with Crippen molar-refractivity contribution in [2.75, 3.05) is 14.1 Å². The molecule has 0 bridgehead atoms. The summed E-state index contributed by atoms with van der Waals surface area (Å²) < 4.78 is 0. The molecule has 1 atom stereocenters. The van der Waals surface area contributed by atoms with Gasteiger partial charge in [0, 0.05) is 18.1 Å². The Morgan fingerprint density at radius 3 is 2.45 bits per heavy atom. The van der Waals surface area contributed by atoms with E-state index in [0.29, 0.717) is 0 Å². The fourth-order valence-electron chi connectivity index (χ4n) is 2.68. The third-order valence-corrected chi connectivity index (χ3v) is 3.82. The minimum Gasteiger partial charge on any atom is -0.320 e. The normalized spacial score (nSPS) is 12.7. The van der Waals surface area contributed by atoms with Gasteiger partial charge in [-0.25, -0.2) is 0 Å². The SMILES string of the molecule is CN(C)Cc1ccc(C(N)c2ccc3ncccc3c2)cc1. The Kier molecular flexibility index (Phi) is 4.18.